The molecule has 5 rings (SSSR count). The van der Waals surface area contributed by atoms with Gasteiger partial charge in [0.1, 0.15) is 19.0 Å². The van der Waals surface area contributed by atoms with Crippen molar-refractivity contribution in [3.63, 3.8) is 0 Å². The number of carbonyl (C=O) groups excluding carboxylic acids is 2. The van der Waals surface area contributed by atoms with Gasteiger partial charge < -0.3 is 19.5 Å². The van der Waals surface area contributed by atoms with Gasteiger partial charge in [-0.2, -0.15) is 0 Å². The van der Waals surface area contributed by atoms with E-state index in [0.717, 1.165) is 5.56 Å². The molecule has 2 aliphatic rings. The standard InChI is InChI=1S/C26H20ClNO5/c27-19-9-6-17(7-10-19)23-22(24(29)18-8-11-20-21(14-18)33-13-12-32-20)25(30)26(31)28(23)15-16-4-2-1-3-5-16/h1-11,14,23,29H,12-13,15H2/t23-/m1/s1. The zero-order valence-corrected chi connectivity index (χ0v) is 18.3. The zero-order chi connectivity index (χ0) is 22.9. The van der Waals surface area contributed by atoms with Gasteiger partial charge in [0.2, 0.25) is 0 Å². The lowest BCUT2D eigenvalue weighted by Crippen LogP contribution is -2.29. The van der Waals surface area contributed by atoms with Crippen molar-refractivity contribution in [3.05, 3.63) is 100 Å². The molecule has 6 nitrogen and oxygen atoms in total. The Balaban J connectivity index is 1.63. The summed E-state index contributed by atoms with van der Waals surface area (Å²) in [6.45, 7) is 1.06. The fraction of sp³-hybridized carbons (Fsp3) is 0.154. The van der Waals surface area contributed by atoms with E-state index in [1.54, 1.807) is 42.5 Å². The number of hydrogen-bond acceptors (Lipinski definition) is 5. The minimum Gasteiger partial charge on any atom is -0.507 e. The van der Waals surface area contributed by atoms with E-state index in [-0.39, 0.29) is 17.9 Å². The number of aliphatic hydroxyl groups is 1. The maximum atomic E-state index is 13.2. The van der Waals surface area contributed by atoms with E-state index in [1.165, 1.54) is 4.90 Å². The van der Waals surface area contributed by atoms with Crippen molar-refractivity contribution >= 4 is 29.1 Å². The first-order chi connectivity index (χ1) is 16.0. The number of ketones is 1. The van der Waals surface area contributed by atoms with E-state index >= 15 is 0 Å². The molecule has 1 amide bonds. The van der Waals surface area contributed by atoms with E-state index in [9.17, 15) is 14.7 Å². The summed E-state index contributed by atoms with van der Waals surface area (Å²) in [5.74, 6) is -0.625. The molecule has 0 aromatic heterocycles. The third-order valence-electron chi connectivity index (χ3n) is 5.74. The van der Waals surface area contributed by atoms with Crippen LogP contribution in [0.1, 0.15) is 22.7 Å². The molecule has 0 saturated carbocycles. The summed E-state index contributed by atoms with van der Waals surface area (Å²) < 4.78 is 11.2. The van der Waals surface area contributed by atoms with Crippen LogP contribution in [-0.4, -0.2) is 34.9 Å². The summed E-state index contributed by atoms with van der Waals surface area (Å²) in [5, 5.41) is 11.8. The third-order valence-corrected chi connectivity index (χ3v) is 5.99. The predicted molar refractivity (Wildman–Crippen MR) is 123 cm³/mol. The molecule has 2 aliphatic heterocycles. The van der Waals surface area contributed by atoms with Crippen molar-refractivity contribution in [2.75, 3.05) is 13.2 Å². The number of Topliss-reactive ketones (excluding diaryl/α,β-unsaturated/α-hetero) is 1. The molecule has 166 valence electrons. The Morgan fingerprint density at radius 3 is 2.36 bits per heavy atom. The van der Waals surface area contributed by atoms with Crippen LogP contribution >= 0.6 is 11.6 Å². The van der Waals surface area contributed by atoms with Crippen LogP contribution in [0.15, 0.2) is 78.4 Å². The third kappa shape index (κ3) is 3.94. The summed E-state index contributed by atoms with van der Waals surface area (Å²) in [4.78, 5) is 27.7. The minimum atomic E-state index is -0.768. The first-order valence-corrected chi connectivity index (χ1v) is 10.9. The molecule has 0 aliphatic carbocycles. The van der Waals surface area contributed by atoms with Gasteiger partial charge in [-0.15, -0.1) is 0 Å². The number of hydrogen-bond donors (Lipinski definition) is 1. The fourth-order valence-corrected chi connectivity index (χ4v) is 4.29. The summed E-state index contributed by atoms with van der Waals surface area (Å²) in [6.07, 6.45) is 0. The van der Waals surface area contributed by atoms with Crippen molar-refractivity contribution in [2.45, 2.75) is 12.6 Å². The molecule has 1 fully saturated rings. The average Bonchev–Trinajstić information content (AvgIpc) is 3.09. The summed E-state index contributed by atoms with van der Waals surface area (Å²) in [6, 6.07) is 20.5. The van der Waals surface area contributed by atoms with Crippen LogP contribution in [0.2, 0.25) is 5.02 Å². The van der Waals surface area contributed by atoms with Crippen LogP contribution in [0.4, 0.5) is 0 Å². The number of likely N-dealkylation sites (tertiary alicyclic amines) is 1. The number of benzene rings is 3. The molecule has 1 saturated heterocycles. The lowest BCUT2D eigenvalue weighted by Gasteiger charge is -2.25. The Morgan fingerprint density at radius 2 is 1.64 bits per heavy atom. The van der Waals surface area contributed by atoms with Gasteiger partial charge >= 0.3 is 0 Å². The Hall–Kier alpha value is -3.77. The van der Waals surface area contributed by atoms with Gasteiger partial charge in [0, 0.05) is 17.1 Å². The number of rotatable bonds is 4. The van der Waals surface area contributed by atoms with Crippen LogP contribution in [0.5, 0.6) is 11.5 Å². The van der Waals surface area contributed by atoms with E-state index < -0.39 is 17.7 Å². The highest BCUT2D eigenvalue weighted by molar-refractivity contribution is 6.46. The van der Waals surface area contributed by atoms with Gasteiger partial charge in [-0.25, -0.2) is 0 Å². The Morgan fingerprint density at radius 1 is 0.939 bits per heavy atom. The maximum Gasteiger partial charge on any atom is 0.295 e. The fourth-order valence-electron chi connectivity index (χ4n) is 4.16. The second-order valence-electron chi connectivity index (χ2n) is 7.82. The maximum absolute atomic E-state index is 13.2. The molecule has 1 N–H and O–H groups in total. The average molecular weight is 462 g/mol. The van der Waals surface area contributed by atoms with Gasteiger partial charge in [0.05, 0.1) is 11.6 Å². The first-order valence-electron chi connectivity index (χ1n) is 10.5. The number of nitrogens with zero attached hydrogens (tertiary/aromatic N) is 1. The highest BCUT2D eigenvalue weighted by Gasteiger charge is 2.46. The molecule has 0 unspecified atom stereocenters. The lowest BCUT2D eigenvalue weighted by atomic mass is 9.95. The van der Waals surface area contributed by atoms with E-state index in [0.29, 0.717) is 40.9 Å². The van der Waals surface area contributed by atoms with Crippen molar-refractivity contribution in [1.82, 2.24) is 4.90 Å². The van der Waals surface area contributed by atoms with Crippen LogP contribution in [-0.2, 0) is 16.1 Å². The van der Waals surface area contributed by atoms with Gasteiger partial charge in [0.15, 0.2) is 11.5 Å². The molecule has 3 aromatic carbocycles. The van der Waals surface area contributed by atoms with Crippen LogP contribution in [0.25, 0.3) is 5.76 Å². The number of aliphatic hydroxyl groups excluding tert-OH is 1. The molecule has 3 aromatic rings. The number of fused-ring (bicyclic) bond motifs is 1. The van der Waals surface area contributed by atoms with Crippen LogP contribution < -0.4 is 9.47 Å². The molecule has 0 radical (unpaired) electrons. The monoisotopic (exact) mass is 461 g/mol. The topological polar surface area (TPSA) is 76.1 Å². The summed E-state index contributed by atoms with van der Waals surface area (Å²) in [7, 11) is 0. The predicted octanol–water partition coefficient (Wildman–Crippen LogP) is 4.73. The molecule has 1 atom stereocenters. The quantitative estimate of drug-likeness (QED) is 0.345. The second kappa shape index (κ2) is 8.64. The Kier molecular flexibility index (Phi) is 5.52. The van der Waals surface area contributed by atoms with Gasteiger partial charge in [-0.3, -0.25) is 9.59 Å². The molecular formula is C26H20ClNO5. The second-order valence-corrected chi connectivity index (χ2v) is 8.26. The van der Waals surface area contributed by atoms with Gasteiger partial charge in [-0.05, 0) is 41.5 Å². The van der Waals surface area contributed by atoms with Gasteiger partial charge in [-0.1, -0.05) is 54.1 Å². The lowest BCUT2D eigenvalue weighted by molar-refractivity contribution is -0.140. The van der Waals surface area contributed by atoms with Gasteiger partial charge in [0.25, 0.3) is 11.7 Å². The molecule has 2 heterocycles. The number of halogens is 1. The minimum absolute atomic E-state index is 0.0231. The molecular weight excluding hydrogens is 442 g/mol. The zero-order valence-electron chi connectivity index (χ0n) is 17.5. The summed E-state index contributed by atoms with van der Waals surface area (Å²) in [5.41, 5.74) is 1.94. The SMILES string of the molecule is O=C1C(=O)N(Cc2ccccc2)[C@H](c2ccc(Cl)cc2)C1=C(O)c1ccc2c(c1)OCCO2. The molecule has 0 bridgehead atoms. The van der Waals surface area contributed by atoms with Crippen molar-refractivity contribution in [3.8, 4) is 11.5 Å². The van der Waals surface area contributed by atoms with Crippen LogP contribution in [0.3, 0.4) is 0 Å². The normalized spacial score (nSPS) is 19.1. The molecule has 33 heavy (non-hydrogen) atoms. The number of ether oxygens (including phenoxy) is 2. The summed E-state index contributed by atoms with van der Waals surface area (Å²) >= 11 is 6.07. The van der Waals surface area contributed by atoms with E-state index in [2.05, 4.69) is 0 Å². The Bertz CT molecular complexity index is 1250. The van der Waals surface area contributed by atoms with E-state index in [4.69, 9.17) is 21.1 Å². The molecule has 0 spiro atoms. The highest BCUT2D eigenvalue weighted by atomic mass is 35.5. The van der Waals surface area contributed by atoms with E-state index in [1.807, 2.05) is 30.3 Å². The highest BCUT2D eigenvalue weighted by Crippen LogP contribution is 2.42. The van der Waals surface area contributed by atoms with Crippen LogP contribution in [0, 0.1) is 0 Å². The van der Waals surface area contributed by atoms with Crippen molar-refractivity contribution in [1.29, 1.82) is 0 Å². The molecule has 7 heteroatoms. The van der Waals surface area contributed by atoms with Crippen molar-refractivity contribution < 1.29 is 24.2 Å². The smallest absolute Gasteiger partial charge is 0.295 e. The Labute approximate surface area is 195 Å². The number of amides is 1. The number of carbonyl (C=O) groups is 2. The van der Waals surface area contributed by atoms with Crippen molar-refractivity contribution in [2.24, 2.45) is 0 Å². The first kappa shape index (κ1) is 21.1. The largest absolute Gasteiger partial charge is 0.507 e.